The Morgan fingerprint density at radius 1 is 0.486 bits per heavy atom. The quantitative estimate of drug-likeness (QED) is 0.128. The van der Waals surface area contributed by atoms with Gasteiger partial charge in [-0.1, -0.05) is 97.3 Å². The molecule has 0 saturated heterocycles. The number of carbonyl (C=O) groups is 3. The number of nitrogens with one attached hydrogen (secondary N) is 2. The lowest BCUT2D eigenvalue weighted by Gasteiger charge is -2.08. The van der Waals surface area contributed by atoms with Gasteiger partial charge >= 0.3 is 0 Å². The van der Waals surface area contributed by atoms with E-state index >= 15 is 0 Å². The van der Waals surface area contributed by atoms with Crippen LogP contribution in [0.4, 0.5) is 0 Å². The largest absolute Gasteiger partial charge is 0.356 e. The first-order valence-electron chi connectivity index (χ1n) is 14.9. The minimum absolute atomic E-state index is 0.174. The van der Waals surface area contributed by atoms with Crippen LogP contribution < -0.4 is 10.6 Å². The van der Waals surface area contributed by atoms with Crippen molar-refractivity contribution in [3.63, 3.8) is 0 Å². The molecule has 0 heterocycles. The molecule has 0 aromatic carbocycles. The van der Waals surface area contributed by atoms with E-state index in [-0.39, 0.29) is 23.8 Å². The van der Waals surface area contributed by atoms with Crippen LogP contribution in [0.2, 0.25) is 0 Å². The molecule has 0 saturated carbocycles. The third-order valence-corrected chi connectivity index (χ3v) is 6.57. The summed E-state index contributed by atoms with van der Waals surface area (Å²) in [6.45, 7) is 8.78. The van der Waals surface area contributed by atoms with Crippen molar-refractivity contribution in [1.82, 2.24) is 10.6 Å². The van der Waals surface area contributed by atoms with E-state index in [2.05, 4.69) is 10.6 Å². The van der Waals surface area contributed by atoms with Gasteiger partial charge in [-0.05, 0) is 39.5 Å². The first-order chi connectivity index (χ1) is 16.8. The highest BCUT2D eigenvalue weighted by molar-refractivity contribution is 5.80. The monoisotopic (exact) mass is 494 g/mol. The van der Waals surface area contributed by atoms with Gasteiger partial charge in [-0.2, -0.15) is 0 Å². The Morgan fingerprint density at radius 2 is 0.857 bits per heavy atom. The lowest BCUT2D eigenvalue weighted by molar-refractivity contribution is -0.122. The van der Waals surface area contributed by atoms with Crippen LogP contribution in [0.15, 0.2) is 0 Å². The summed E-state index contributed by atoms with van der Waals surface area (Å²) >= 11 is 0. The molecule has 0 spiro atoms. The normalized spacial score (nSPS) is 11.3. The third-order valence-electron chi connectivity index (χ3n) is 6.57. The van der Waals surface area contributed by atoms with E-state index in [9.17, 15) is 14.4 Å². The average Bonchev–Trinajstić information content (AvgIpc) is 2.80. The number of amides is 2. The van der Waals surface area contributed by atoms with Crippen molar-refractivity contribution < 1.29 is 14.4 Å². The van der Waals surface area contributed by atoms with Crippen molar-refractivity contribution in [1.29, 1.82) is 0 Å². The van der Waals surface area contributed by atoms with Gasteiger partial charge in [0.25, 0.3) is 0 Å². The predicted molar refractivity (Wildman–Crippen MR) is 148 cm³/mol. The van der Waals surface area contributed by atoms with Gasteiger partial charge in [0.1, 0.15) is 5.78 Å². The van der Waals surface area contributed by atoms with Crippen LogP contribution in [0.25, 0.3) is 0 Å². The van der Waals surface area contributed by atoms with Gasteiger partial charge in [0.2, 0.25) is 11.8 Å². The Kier molecular flexibility index (Phi) is 23.3. The summed E-state index contributed by atoms with van der Waals surface area (Å²) in [5.41, 5.74) is 0. The fraction of sp³-hybridized carbons (Fsp3) is 0.900. The van der Waals surface area contributed by atoms with E-state index in [0.29, 0.717) is 18.6 Å². The van der Waals surface area contributed by atoms with Crippen LogP contribution in [0, 0.1) is 5.92 Å². The number of Topliss-reactive ketones (excluding diaryl/α,β-unsaturated/α-hetero) is 1. The summed E-state index contributed by atoms with van der Waals surface area (Å²) in [6.07, 6.45) is 22.1. The molecular weight excluding hydrogens is 436 g/mol. The van der Waals surface area contributed by atoms with Gasteiger partial charge in [0.15, 0.2) is 0 Å². The highest BCUT2D eigenvalue weighted by Gasteiger charge is 2.06. The van der Waals surface area contributed by atoms with Crippen molar-refractivity contribution in [2.45, 2.75) is 162 Å². The average molecular weight is 495 g/mol. The topological polar surface area (TPSA) is 75.3 Å². The zero-order valence-corrected chi connectivity index (χ0v) is 23.7. The lowest BCUT2D eigenvalue weighted by atomic mass is 10.0. The molecule has 2 amide bonds. The molecule has 5 heteroatoms. The lowest BCUT2D eigenvalue weighted by Crippen LogP contribution is -2.29. The maximum Gasteiger partial charge on any atom is 0.220 e. The van der Waals surface area contributed by atoms with E-state index in [4.69, 9.17) is 0 Å². The van der Waals surface area contributed by atoms with E-state index < -0.39 is 0 Å². The molecule has 0 unspecified atom stereocenters. The number of hydrogen-bond acceptors (Lipinski definition) is 3. The molecule has 0 aromatic heterocycles. The molecule has 206 valence electrons. The number of hydrogen-bond donors (Lipinski definition) is 2. The van der Waals surface area contributed by atoms with E-state index in [1.54, 1.807) is 0 Å². The Balaban J connectivity index is 3.26. The molecule has 35 heavy (non-hydrogen) atoms. The second kappa shape index (κ2) is 24.3. The molecule has 2 N–H and O–H groups in total. The molecular formula is C30H58N2O3. The summed E-state index contributed by atoms with van der Waals surface area (Å²) in [5.74, 6) is 0.975. The van der Waals surface area contributed by atoms with Crippen LogP contribution in [0.1, 0.15) is 156 Å². The fourth-order valence-corrected chi connectivity index (χ4v) is 4.29. The van der Waals surface area contributed by atoms with Crippen molar-refractivity contribution in [2.75, 3.05) is 6.54 Å². The van der Waals surface area contributed by atoms with Crippen LogP contribution in [0.5, 0.6) is 0 Å². The molecule has 0 aliphatic rings. The molecule has 0 radical (unpaired) electrons. The Morgan fingerprint density at radius 3 is 1.29 bits per heavy atom. The first kappa shape index (κ1) is 33.6. The minimum Gasteiger partial charge on any atom is -0.356 e. The minimum atomic E-state index is 0.174. The van der Waals surface area contributed by atoms with Crippen LogP contribution >= 0.6 is 0 Å². The third kappa shape index (κ3) is 25.5. The molecule has 0 aliphatic heterocycles. The molecule has 0 rings (SSSR count). The molecule has 5 nitrogen and oxygen atoms in total. The highest BCUT2D eigenvalue weighted by Crippen LogP contribution is 2.13. The molecule has 0 atom stereocenters. The summed E-state index contributed by atoms with van der Waals surface area (Å²) in [4.78, 5) is 35.1. The predicted octanol–water partition coefficient (Wildman–Crippen LogP) is 7.65. The Labute approximate surface area is 217 Å². The van der Waals surface area contributed by atoms with Crippen molar-refractivity contribution in [3.05, 3.63) is 0 Å². The molecule has 0 aromatic rings. The van der Waals surface area contributed by atoms with Gasteiger partial charge in [-0.15, -0.1) is 0 Å². The highest BCUT2D eigenvalue weighted by atomic mass is 16.2. The van der Waals surface area contributed by atoms with Gasteiger partial charge in [-0.25, -0.2) is 0 Å². The standard InChI is InChI=1S/C30H58N2O3/c1-26(2)28(33)22-18-14-10-6-5-9-13-17-21-25-31-29(34)23-19-15-11-7-8-12-16-20-24-30(35)32-27(3)4/h26-27H,5-25H2,1-4H3,(H,31,34)(H,32,35). The second-order valence-electron chi connectivity index (χ2n) is 11.0. The summed E-state index contributed by atoms with van der Waals surface area (Å²) in [6, 6.07) is 0.236. The summed E-state index contributed by atoms with van der Waals surface area (Å²) in [5, 5.41) is 6.01. The van der Waals surface area contributed by atoms with Crippen molar-refractivity contribution >= 4 is 17.6 Å². The smallest absolute Gasteiger partial charge is 0.220 e. The van der Waals surface area contributed by atoms with Crippen molar-refractivity contribution in [3.8, 4) is 0 Å². The van der Waals surface area contributed by atoms with Crippen LogP contribution in [-0.4, -0.2) is 30.2 Å². The molecule has 0 fully saturated rings. The molecule has 0 bridgehead atoms. The van der Waals surface area contributed by atoms with Gasteiger partial charge < -0.3 is 10.6 Å². The van der Waals surface area contributed by atoms with E-state index in [1.807, 2.05) is 27.7 Å². The van der Waals surface area contributed by atoms with Gasteiger partial charge in [0.05, 0.1) is 0 Å². The van der Waals surface area contributed by atoms with E-state index in [0.717, 1.165) is 51.5 Å². The maximum absolute atomic E-state index is 11.9. The maximum atomic E-state index is 11.9. The van der Waals surface area contributed by atoms with E-state index in [1.165, 1.54) is 70.6 Å². The summed E-state index contributed by atoms with van der Waals surface area (Å²) < 4.78 is 0. The number of unbranched alkanes of at least 4 members (excludes halogenated alkanes) is 15. The molecule has 0 aliphatic carbocycles. The fourth-order valence-electron chi connectivity index (χ4n) is 4.29. The first-order valence-corrected chi connectivity index (χ1v) is 14.9. The van der Waals surface area contributed by atoms with Crippen molar-refractivity contribution in [2.24, 2.45) is 5.92 Å². The number of carbonyl (C=O) groups excluding carboxylic acids is 3. The van der Waals surface area contributed by atoms with Crippen LogP contribution in [-0.2, 0) is 14.4 Å². The summed E-state index contributed by atoms with van der Waals surface area (Å²) in [7, 11) is 0. The SMILES string of the molecule is CC(C)NC(=O)CCCCCCCCCCC(=O)NCCCCCCCCCCCC(=O)C(C)C. The van der Waals surface area contributed by atoms with Gasteiger partial charge in [-0.3, -0.25) is 14.4 Å². The zero-order valence-electron chi connectivity index (χ0n) is 23.7. The van der Waals surface area contributed by atoms with Gasteiger partial charge in [0, 0.05) is 37.8 Å². The number of rotatable bonds is 25. The second-order valence-corrected chi connectivity index (χ2v) is 11.0. The van der Waals surface area contributed by atoms with Crippen LogP contribution in [0.3, 0.4) is 0 Å². The zero-order chi connectivity index (χ0) is 26.2. The Hall–Kier alpha value is -1.39. The Bertz CT molecular complexity index is 532. The number of ketones is 1.